The molecule has 0 atom stereocenters. The molecule has 0 radical (unpaired) electrons. The van der Waals surface area contributed by atoms with Gasteiger partial charge in [-0.05, 0) is 25.0 Å². The van der Waals surface area contributed by atoms with Crippen LogP contribution in [-0.2, 0) is 0 Å². The third-order valence-electron chi connectivity index (χ3n) is 3.62. The number of hydrogen-bond donors (Lipinski definition) is 2. The van der Waals surface area contributed by atoms with E-state index in [-0.39, 0.29) is 0 Å². The molecule has 116 valence electrons. The lowest BCUT2D eigenvalue weighted by Crippen LogP contribution is -2.06. The first-order valence-corrected chi connectivity index (χ1v) is 7.47. The Bertz CT molecular complexity index is 849. The van der Waals surface area contributed by atoms with Crippen LogP contribution < -0.4 is 15.4 Å². The van der Waals surface area contributed by atoms with Crippen LogP contribution in [0.25, 0.3) is 11.0 Å². The lowest BCUT2D eigenvalue weighted by molar-refractivity contribution is 0.415. The van der Waals surface area contributed by atoms with Gasteiger partial charge in [-0.15, -0.1) is 0 Å². The molecule has 1 aliphatic carbocycles. The minimum Gasteiger partial charge on any atom is -0.497 e. The van der Waals surface area contributed by atoms with E-state index in [2.05, 4.69) is 30.6 Å². The average Bonchev–Trinajstić information content (AvgIpc) is 3.40. The van der Waals surface area contributed by atoms with Crippen LogP contribution in [0.15, 0.2) is 36.8 Å². The van der Waals surface area contributed by atoms with Gasteiger partial charge in [0.1, 0.15) is 23.1 Å². The van der Waals surface area contributed by atoms with Crippen LogP contribution in [0.3, 0.4) is 0 Å². The topological polar surface area (TPSA) is 84.8 Å². The summed E-state index contributed by atoms with van der Waals surface area (Å²) in [7, 11) is 1.64. The van der Waals surface area contributed by atoms with Crippen molar-refractivity contribution in [1.82, 2.24) is 19.9 Å². The van der Waals surface area contributed by atoms with E-state index in [1.165, 1.54) is 19.2 Å². The molecule has 0 amide bonds. The van der Waals surface area contributed by atoms with E-state index in [9.17, 15) is 0 Å². The summed E-state index contributed by atoms with van der Waals surface area (Å²) in [6.45, 7) is 0. The second kappa shape index (κ2) is 5.68. The smallest absolute Gasteiger partial charge is 0.223 e. The van der Waals surface area contributed by atoms with Crippen molar-refractivity contribution in [1.29, 1.82) is 0 Å². The molecular weight excluding hydrogens is 292 g/mol. The molecule has 1 aromatic carbocycles. The Balaban J connectivity index is 1.69. The van der Waals surface area contributed by atoms with Gasteiger partial charge in [-0.3, -0.25) is 0 Å². The number of benzene rings is 1. The van der Waals surface area contributed by atoms with Gasteiger partial charge in [-0.25, -0.2) is 19.9 Å². The monoisotopic (exact) mass is 308 g/mol. The molecule has 0 spiro atoms. The molecule has 1 fully saturated rings. The summed E-state index contributed by atoms with van der Waals surface area (Å²) in [6.07, 6.45) is 5.55. The van der Waals surface area contributed by atoms with Crippen molar-refractivity contribution in [2.45, 2.75) is 18.9 Å². The number of nitrogens with zero attached hydrogens (tertiary/aromatic N) is 4. The first-order valence-electron chi connectivity index (χ1n) is 7.47. The highest BCUT2D eigenvalue weighted by Crippen LogP contribution is 2.26. The van der Waals surface area contributed by atoms with Gasteiger partial charge < -0.3 is 15.4 Å². The maximum atomic E-state index is 5.24. The fraction of sp³-hybridized carbons (Fsp3) is 0.250. The number of methoxy groups -OCH3 is 1. The highest BCUT2D eigenvalue weighted by molar-refractivity contribution is 5.87. The van der Waals surface area contributed by atoms with Gasteiger partial charge in [0, 0.05) is 17.8 Å². The molecule has 4 rings (SSSR count). The standard InChI is InChI=1S/C16H16N6O/c1-23-12-4-2-3-11(7-12)20-15-14-13(18-9-19-15)8-17-16(22-14)21-10-5-6-10/h2-4,7-10H,5-6H2,1H3,(H,17,21,22)(H,18,19,20). The second-order valence-electron chi connectivity index (χ2n) is 5.43. The van der Waals surface area contributed by atoms with E-state index in [1.54, 1.807) is 13.3 Å². The normalized spacial score (nSPS) is 13.8. The number of fused-ring (bicyclic) bond motifs is 1. The summed E-state index contributed by atoms with van der Waals surface area (Å²) in [5.41, 5.74) is 2.26. The van der Waals surface area contributed by atoms with Crippen LogP contribution in [-0.4, -0.2) is 33.1 Å². The molecule has 7 nitrogen and oxygen atoms in total. The Kier molecular flexibility index (Phi) is 3.38. The quantitative estimate of drug-likeness (QED) is 0.749. The average molecular weight is 308 g/mol. The van der Waals surface area contributed by atoms with E-state index < -0.39 is 0 Å². The van der Waals surface area contributed by atoms with Crippen molar-refractivity contribution in [2.75, 3.05) is 17.7 Å². The highest BCUT2D eigenvalue weighted by Gasteiger charge is 2.22. The molecule has 2 heterocycles. The first-order chi connectivity index (χ1) is 11.3. The molecule has 2 N–H and O–H groups in total. The number of ether oxygens (including phenoxy) is 1. The van der Waals surface area contributed by atoms with E-state index in [1.807, 2.05) is 24.3 Å². The number of anilines is 3. The Labute approximate surface area is 133 Å². The maximum absolute atomic E-state index is 5.24. The molecule has 23 heavy (non-hydrogen) atoms. The van der Waals surface area contributed by atoms with Gasteiger partial charge in [0.15, 0.2) is 5.82 Å². The Morgan fingerprint density at radius 3 is 2.91 bits per heavy atom. The summed E-state index contributed by atoms with van der Waals surface area (Å²) < 4.78 is 5.24. The maximum Gasteiger partial charge on any atom is 0.223 e. The van der Waals surface area contributed by atoms with E-state index >= 15 is 0 Å². The molecule has 0 unspecified atom stereocenters. The summed E-state index contributed by atoms with van der Waals surface area (Å²) in [5, 5.41) is 6.56. The van der Waals surface area contributed by atoms with Gasteiger partial charge in [0.25, 0.3) is 0 Å². The Morgan fingerprint density at radius 2 is 2.09 bits per heavy atom. The van der Waals surface area contributed by atoms with E-state index in [0.29, 0.717) is 28.8 Å². The van der Waals surface area contributed by atoms with Crippen molar-refractivity contribution < 1.29 is 4.74 Å². The molecule has 3 aromatic rings. The van der Waals surface area contributed by atoms with Gasteiger partial charge >= 0.3 is 0 Å². The second-order valence-corrected chi connectivity index (χ2v) is 5.43. The minimum absolute atomic E-state index is 0.492. The predicted molar refractivity (Wildman–Crippen MR) is 88.0 cm³/mol. The number of hydrogen-bond acceptors (Lipinski definition) is 7. The van der Waals surface area contributed by atoms with Crippen molar-refractivity contribution in [2.24, 2.45) is 0 Å². The summed E-state index contributed by atoms with van der Waals surface area (Å²) >= 11 is 0. The molecular formula is C16H16N6O. The molecule has 1 aliphatic rings. The molecule has 0 saturated heterocycles. The van der Waals surface area contributed by atoms with Crippen LogP contribution in [0.1, 0.15) is 12.8 Å². The number of aromatic nitrogens is 4. The zero-order chi connectivity index (χ0) is 15.6. The Hall–Kier alpha value is -2.96. The third kappa shape index (κ3) is 2.98. The van der Waals surface area contributed by atoms with Crippen LogP contribution in [0.2, 0.25) is 0 Å². The van der Waals surface area contributed by atoms with Crippen molar-refractivity contribution >= 4 is 28.5 Å². The fourth-order valence-corrected chi connectivity index (χ4v) is 2.26. The van der Waals surface area contributed by atoms with Crippen LogP contribution in [0.5, 0.6) is 5.75 Å². The largest absolute Gasteiger partial charge is 0.497 e. The molecule has 2 aromatic heterocycles. The fourth-order valence-electron chi connectivity index (χ4n) is 2.26. The van der Waals surface area contributed by atoms with E-state index in [4.69, 9.17) is 4.74 Å². The lowest BCUT2D eigenvalue weighted by atomic mass is 10.3. The molecule has 1 saturated carbocycles. The molecule has 7 heteroatoms. The van der Waals surface area contributed by atoms with Crippen molar-refractivity contribution in [3.05, 3.63) is 36.8 Å². The first kappa shape index (κ1) is 13.7. The van der Waals surface area contributed by atoms with Gasteiger partial charge in [0.2, 0.25) is 5.95 Å². The zero-order valence-corrected chi connectivity index (χ0v) is 12.7. The van der Waals surface area contributed by atoms with Crippen molar-refractivity contribution in [3.8, 4) is 5.75 Å². The molecule has 0 aliphatic heterocycles. The van der Waals surface area contributed by atoms with Crippen LogP contribution in [0.4, 0.5) is 17.5 Å². The van der Waals surface area contributed by atoms with Gasteiger partial charge in [-0.1, -0.05) is 6.07 Å². The zero-order valence-electron chi connectivity index (χ0n) is 12.7. The highest BCUT2D eigenvalue weighted by atomic mass is 16.5. The third-order valence-corrected chi connectivity index (χ3v) is 3.62. The van der Waals surface area contributed by atoms with E-state index in [0.717, 1.165) is 11.4 Å². The predicted octanol–water partition coefficient (Wildman–Crippen LogP) is 2.75. The minimum atomic E-state index is 0.492. The SMILES string of the molecule is COc1cccc(Nc2ncnc3cnc(NC4CC4)nc23)c1. The van der Waals surface area contributed by atoms with Crippen LogP contribution in [0, 0.1) is 0 Å². The number of nitrogens with one attached hydrogen (secondary N) is 2. The van der Waals surface area contributed by atoms with Gasteiger partial charge in [0.05, 0.1) is 13.3 Å². The van der Waals surface area contributed by atoms with Gasteiger partial charge in [-0.2, -0.15) is 0 Å². The summed E-state index contributed by atoms with van der Waals surface area (Å²) in [5.74, 6) is 2.03. The lowest BCUT2D eigenvalue weighted by Gasteiger charge is -2.10. The molecule has 0 bridgehead atoms. The number of rotatable bonds is 5. The Morgan fingerprint density at radius 1 is 1.17 bits per heavy atom. The summed E-state index contributed by atoms with van der Waals surface area (Å²) in [4.78, 5) is 17.4. The summed E-state index contributed by atoms with van der Waals surface area (Å²) in [6, 6.07) is 8.15. The van der Waals surface area contributed by atoms with Crippen molar-refractivity contribution in [3.63, 3.8) is 0 Å². The van der Waals surface area contributed by atoms with Crippen LogP contribution >= 0.6 is 0 Å².